The van der Waals surface area contributed by atoms with Crippen LogP contribution in [0, 0.1) is 0 Å². The van der Waals surface area contributed by atoms with Gasteiger partial charge in [-0.15, -0.1) is 19.7 Å². The molecule has 0 aliphatic rings. The molecule has 0 heterocycles. The Hall–Kier alpha value is -0.940. The number of ether oxygens (including phenoxy) is 1. The molecule has 0 saturated heterocycles. The molecule has 2 atom stereocenters. The number of nitrogens with zero attached hydrogens (tertiary/aromatic N) is 1. The molecule has 0 aromatic carbocycles. The van der Waals surface area contributed by atoms with Gasteiger partial charge in [0.2, 0.25) is 0 Å². The van der Waals surface area contributed by atoms with Gasteiger partial charge >= 0.3 is 0 Å². The summed E-state index contributed by atoms with van der Waals surface area (Å²) in [7, 11) is 0. The summed E-state index contributed by atoms with van der Waals surface area (Å²) in [6.07, 6.45) is 3.93. The smallest absolute Gasteiger partial charge is 0.139 e. The molecule has 0 saturated carbocycles. The van der Waals surface area contributed by atoms with E-state index in [1.807, 2.05) is 4.90 Å². The van der Waals surface area contributed by atoms with Gasteiger partial charge in [-0.3, -0.25) is 4.90 Å². The first-order valence-corrected chi connectivity index (χ1v) is 5.27. The average molecular weight is 226 g/mol. The van der Waals surface area contributed by atoms with Crippen molar-refractivity contribution >= 4 is 0 Å². The minimum absolute atomic E-state index is 0.145. The third kappa shape index (κ3) is 5.23. The van der Waals surface area contributed by atoms with Crippen LogP contribution in [0.25, 0.3) is 0 Å². The summed E-state index contributed by atoms with van der Waals surface area (Å²) in [5.74, 6) is 0. The second kappa shape index (κ2) is 9.30. The van der Waals surface area contributed by atoms with E-state index < -0.39 is 12.3 Å². The van der Waals surface area contributed by atoms with Crippen molar-refractivity contribution in [3.05, 3.63) is 38.0 Å². The van der Waals surface area contributed by atoms with E-state index in [9.17, 15) is 5.11 Å². The molecule has 4 nitrogen and oxygen atoms in total. The number of hydrogen-bond donors (Lipinski definition) is 2. The fourth-order valence-corrected chi connectivity index (χ4v) is 1.36. The summed E-state index contributed by atoms with van der Waals surface area (Å²) in [6, 6.07) is 0. The third-order valence-electron chi connectivity index (χ3n) is 2.04. The van der Waals surface area contributed by atoms with Crippen molar-refractivity contribution in [1.82, 2.24) is 4.90 Å². The van der Waals surface area contributed by atoms with Gasteiger partial charge in [-0.2, -0.15) is 0 Å². The normalized spacial score (nSPS) is 14.4. The van der Waals surface area contributed by atoms with Gasteiger partial charge in [0.1, 0.15) is 12.3 Å². The van der Waals surface area contributed by atoms with Gasteiger partial charge in [-0.05, 0) is 0 Å². The van der Waals surface area contributed by atoms with Crippen LogP contribution in [-0.2, 0) is 4.74 Å². The molecule has 0 amide bonds. The summed E-state index contributed by atoms with van der Waals surface area (Å²) < 4.78 is 5.49. The lowest BCUT2D eigenvalue weighted by Gasteiger charge is -2.32. The standard InChI is InChI=1S/C12H22N2O2/c1-4-7-14(8-5-2)12(11(15)10-13)16-9-6-3/h4-6,11-12,15H,1-3,7-10,13H2. The molecule has 0 bridgehead atoms. The summed E-state index contributed by atoms with van der Waals surface area (Å²) in [4.78, 5) is 1.90. The molecular formula is C12H22N2O2. The maximum Gasteiger partial charge on any atom is 0.139 e. The van der Waals surface area contributed by atoms with Crippen molar-refractivity contribution in [3.8, 4) is 0 Å². The van der Waals surface area contributed by atoms with Crippen molar-refractivity contribution in [2.24, 2.45) is 5.73 Å². The van der Waals surface area contributed by atoms with E-state index in [0.717, 1.165) is 0 Å². The highest BCUT2D eigenvalue weighted by atomic mass is 16.5. The zero-order valence-corrected chi connectivity index (χ0v) is 9.72. The van der Waals surface area contributed by atoms with Crippen LogP contribution in [0.3, 0.4) is 0 Å². The van der Waals surface area contributed by atoms with Crippen LogP contribution in [0.15, 0.2) is 38.0 Å². The number of rotatable bonds is 10. The quantitative estimate of drug-likeness (QED) is 0.421. The first-order valence-electron chi connectivity index (χ1n) is 5.27. The molecule has 0 fully saturated rings. The average Bonchev–Trinajstić information content (AvgIpc) is 2.29. The minimum atomic E-state index is -0.736. The summed E-state index contributed by atoms with van der Waals surface area (Å²) >= 11 is 0. The van der Waals surface area contributed by atoms with Crippen LogP contribution in [-0.4, -0.2) is 48.6 Å². The zero-order chi connectivity index (χ0) is 12.4. The largest absolute Gasteiger partial charge is 0.388 e. The van der Waals surface area contributed by atoms with Gasteiger partial charge in [-0.1, -0.05) is 18.2 Å². The first kappa shape index (κ1) is 15.1. The SMILES string of the molecule is C=CCOC(C(O)CN)N(CC=C)CC=C. The van der Waals surface area contributed by atoms with E-state index in [1.54, 1.807) is 18.2 Å². The van der Waals surface area contributed by atoms with Crippen LogP contribution in [0.5, 0.6) is 0 Å². The van der Waals surface area contributed by atoms with E-state index in [2.05, 4.69) is 19.7 Å². The lowest BCUT2D eigenvalue weighted by atomic mass is 10.2. The van der Waals surface area contributed by atoms with E-state index in [4.69, 9.17) is 10.5 Å². The van der Waals surface area contributed by atoms with Gasteiger partial charge in [0, 0.05) is 19.6 Å². The molecule has 0 aliphatic carbocycles. The second-order valence-electron chi connectivity index (χ2n) is 3.35. The minimum Gasteiger partial charge on any atom is -0.388 e. The zero-order valence-electron chi connectivity index (χ0n) is 9.72. The highest BCUT2D eigenvalue weighted by Gasteiger charge is 2.24. The Morgan fingerprint density at radius 2 is 1.75 bits per heavy atom. The molecule has 16 heavy (non-hydrogen) atoms. The van der Waals surface area contributed by atoms with Gasteiger partial charge in [0.15, 0.2) is 0 Å². The van der Waals surface area contributed by atoms with Gasteiger partial charge < -0.3 is 15.6 Å². The monoisotopic (exact) mass is 226 g/mol. The summed E-state index contributed by atoms with van der Waals surface area (Å²) in [5, 5.41) is 9.77. The van der Waals surface area contributed by atoms with Crippen molar-refractivity contribution in [1.29, 1.82) is 0 Å². The van der Waals surface area contributed by atoms with Crippen molar-refractivity contribution in [3.63, 3.8) is 0 Å². The second-order valence-corrected chi connectivity index (χ2v) is 3.35. The molecule has 92 valence electrons. The van der Waals surface area contributed by atoms with Crippen molar-refractivity contribution in [2.45, 2.75) is 12.3 Å². The molecular weight excluding hydrogens is 204 g/mol. The Morgan fingerprint density at radius 3 is 2.12 bits per heavy atom. The molecule has 0 radical (unpaired) electrons. The lowest BCUT2D eigenvalue weighted by Crippen LogP contribution is -2.48. The van der Waals surface area contributed by atoms with E-state index in [-0.39, 0.29) is 6.54 Å². The number of hydrogen-bond acceptors (Lipinski definition) is 4. The Balaban J connectivity index is 4.56. The maximum atomic E-state index is 9.77. The number of aliphatic hydroxyl groups is 1. The van der Waals surface area contributed by atoms with Gasteiger partial charge in [-0.25, -0.2) is 0 Å². The highest BCUT2D eigenvalue weighted by Crippen LogP contribution is 2.07. The summed E-state index contributed by atoms with van der Waals surface area (Å²) in [6.45, 7) is 12.6. The Morgan fingerprint density at radius 1 is 1.19 bits per heavy atom. The Labute approximate surface area is 97.7 Å². The fraction of sp³-hybridized carbons (Fsp3) is 0.500. The topological polar surface area (TPSA) is 58.7 Å². The fourth-order valence-electron chi connectivity index (χ4n) is 1.36. The third-order valence-corrected chi connectivity index (χ3v) is 2.04. The van der Waals surface area contributed by atoms with Gasteiger partial charge in [0.25, 0.3) is 0 Å². The molecule has 4 heteroatoms. The molecule has 0 aromatic heterocycles. The predicted molar refractivity (Wildman–Crippen MR) is 67.0 cm³/mol. The lowest BCUT2D eigenvalue weighted by molar-refractivity contribution is -0.106. The summed E-state index contributed by atoms with van der Waals surface area (Å²) in [5.41, 5.74) is 5.44. The van der Waals surface area contributed by atoms with Crippen LogP contribution < -0.4 is 5.73 Å². The van der Waals surface area contributed by atoms with E-state index in [0.29, 0.717) is 19.7 Å². The number of nitrogens with two attached hydrogens (primary N) is 1. The highest BCUT2D eigenvalue weighted by molar-refractivity contribution is 4.85. The Kier molecular flexibility index (Phi) is 8.75. The first-order chi connectivity index (χ1) is 7.71. The molecule has 2 unspecified atom stereocenters. The molecule has 0 aromatic rings. The predicted octanol–water partition coefficient (Wildman–Crippen LogP) is 0.509. The molecule has 0 spiro atoms. The van der Waals surface area contributed by atoms with E-state index >= 15 is 0 Å². The van der Waals surface area contributed by atoms with Gasteiger partial charge in [0.05, 0.1) is 6.61 Å². The van der Waals surface area contributed by atoms with Crippen molar-refractivity contribution < 1.29 is 9.84 Å². The number of aliphatic hydroxyl groups excluding tert-OH is 1. The molecule has 0 rings (SSSR count). The van der Waals surface area contributed by atoms with Crippen LogP contribution in [0.4, 0.5) is 0 Å². The maximum absolute atomic E-state index is 9.77. The van der Waals surface area contributed by atoms with Crippen molar-refractivity contribution in [2.75, 3.05) is 26.2 Å². The van der Waals surface area contributed by atoms with E-state index in [1.165, 1.54) is 0 Å². The van der Waals surface area contributed by atoms with Crippen LogP contribution in [0.1, 0.15) is 0 Å². The molecule has 0 aliphatic heterocycles. The van der Waals surface area contributed by atoms with Crippen LogP contribution >= 0.6 is 0 Å². The van der Waals surface area contributed by atoms with Crippen LogP contribution in [0.2, 0.25) is 0 Å². The Bertz CT molecular complexity index is 209. The molecule has 3 N–H and O–H groups in total.